The van der Waals surface area contributed by atoms with Crippen molar-refractivity contribution in [3.63, 3.8) is 0 Å². The molecule has 28 heavy (non-hydrogen) atoms. The number of fused-ring (bicyclic) bond motifs is 1. The molecule has 0 bridgehead atoms. The van der Waals surface area contributed by atoms with Gasteiger partial charge >= 0.3 is 5.97 Å². The first kappa shape index (κ1) is 21.8. The number of carbonyl (C=O) groups excluding carboxylic acids is 2. The summed E-state index contributed by atoms with van der Waals surface area (Å²) in [6.45, 7) is 10.3. The Labute approximate surface area is 167 Å². The molecular weight excluding hydrogens is 354 g/mol. The van der Waals surface area contributed by atoms with Crippen molar-refractivity contribution in [3.05, 3.63) is 41.1 Å². The Morgan fingerprint density at radius 3 is 2.36 bits per heavy atom. The van der Waals surface area contributed by atoms with E-state index in [4.69, 9.17) is 4.74 Å². The zero-order valence-electron chi connectivity index (χ0n) is 18.0. The lowest BCUT2D eigenvalue weighted by atomic mass is 10.1. The molecule has 0 saturated heterocycles. The Morgan fingerprint density at radius 2 is 1.75 bits per heavy atom. The highest BCUT2D eigenvalue weighted by molar-refractivity contribution is 6.00. The van der Waals surface area contributed by atoms with E-state index < -0.39 is 11.6 Å². The lowest BCUT2D eigenvalue weighted by Crippen LogP contribution is -2.42. The maximum Gasteiger partial charge on any atom is 0.326 e. The Balaban J connectivity index is 2.33. The Bertz CT molecular complexity index is 869. The molecule has 2 aromatic rings. The van der Waals surface area contributed by atoms with Gasteiger partial charge in [0.2, 0.25) is 0 Å². The fourth-order valence-electron chi connectivity index (χ4n) is 2.88. The summed E-state index contributed by atoms with van der Waals surface area (Å²) in [5, 5.41) is 0.916. The summed E-state index contributed by atoms with van der Waals surface area (Å²) in [5.41, 5.74) is 2.54. The zero-order chi connectivity index (χ0) is 21.1. The molecule has 0 radical (unpaired) electrons. The van der Waals surface area contributed by atoms with Gasteiger partial charge in [-0.15, -0.1) is 0 Å². The lowest BCUT2D eigenvalue weighted by molar-refractivity contribution is -0.155. The first-order chi connectivity index (χ1) is 13.0. The minimum atomic E-state index is -0.592. The van der Waals surface area contributed by atoms with E-state index in [-0.39, 0.29) is 12.5 Å². The summed E-state index contributed by atoms with van der Waals surface area (Å²) in [6, 6.07) is 7.83. The molecule has 1 aromatic carbocycles. The van der Waals surface area contributed by atoms with E-state index in [1.54, 1.807) is 4.90 Å². The molecule has 0 spiro atoms. The van der Waals surface area contributed by atoms with E-state index in [1.807, 2.05) is 77.9 Å². The highest BCUT2D eigenvalue weighted by Crippen LogP contribution is 2.20. The van der Waals surface area contributed by atoms with Crippen molar-refractivity contribution in [2.75, 3.05) is 33.7 Å². The number of rotatable bonds is 6. The number of aryl methyl sites for hydroxylation is 2. The van der Waals surface area contributed by atoms with Crippen LogP contribution in [0.2, 0.25) is 0 Å². The molecule has 6 nitrogen and oxygen atoms in total. The number of benzene rings is 1. The monoisotopic (exact) mass is 385 g/mol. The number of likely N-dealkylation sites (N-methyl/N-ethyl adjacent to an activating group) is 1. The Morgan fingerprint density at radius 1 is 1.07 bits per heavy atom. The predicted molar refractivity (Wildman–Crippen MR) is 112 cm³/mol. The Hall–Kier alpha value is -2.47. The number of pyridine rings is 1. The van der Waals surface area contributed by atoms with Crippen molar-refractivity contribution in [2.45, 2.75) is 40.2 Å². The van der Waals surface area contributed by atoms with Crippen LogP contribution in [0.3, 0.4) is 0 Å². The van der Waals surface area contributed by atoms with Crippen LogP contribution in [-0.4, -0.2) is 66.0 Å². The van der Waals surface area contributed by atoms with Gasteiger partial charge in [-0.2, -0.15) is 0 Å². The second-order valence-electron chi connectivity index (χ2n) is 8.43. The molecule has 0 aliphatic rings. The van der Waals surface area contributed by atoms with Crippen molar-refractivity contribution in [1.82, 2.24) is 14.8 Å². The molecule has 1 amide bonds. The molecule has 1 heterocycles. The maximum absolute atomic E-state index is 13.3. The average Bonchev–Trinajstić information content (AvgIpc) is 2.56. The van der Waals surface area contributed by atoms with Crippen molar-refractivity contribution < 1.29 is 14.3 Å². The quantitative estimate of drug-likeness (QED) is 0.715. The second-order valence-corrected chi connectivity index (χ2v) is 8.43. The molecule has 0 aliphatic heterocycles. The average molecular weight is 386 g/mol. The van der Waals surface area contributed by atoms with Gasteiger partial charge in [0, 0.05) is 18.5 Å². The van der Waals surface area contributed by atoms with Crippen molar-refractivity contribution in [3.8, 4) is 0 Å². The van der Waals surface area contributed by atoms with E-state index in [9.17, 15) is 9.59 Å². The van der Waals surface area contributed by atoms with Crippen LogP contribution < -0.4 is 0 Å². The van der Waals surface area contributed by atoms with Crippen LogP contribution in [0.25, 0.3) is 10.9 Å². The first-order valence-electron chi connectivity index (χ1n) is 9.50. The number of amides is 1. The third-order valence-electron chi connectivity index (χ3n) is 4.24. The van der Waals surface area contributed by atoms with Crippen molar-refractivity contribution >= 4 is 22.8 Å². The van der Waals surface area contributed by atoms with Crippen LogP contribution in [0.5, 0.6) is 0 Å². The summed E-state index contributed by atoms with van der Waals surface area (Å²) in [4.78, 5) is 33.7. The van der Waals surface area contributed by atoms with E-state index in [2.05, 4.69) is 4.98 Å². The summed E-state index contributed by atoms with van der Waals surface area (Å²) >= 11 is 0. The zero-order valence-corrected chi connectivity index (χ0v) is 18.0. The number of aromatic nitrogens is 1. The third kappa shape index (κ3) is 6.02. The third-order valence-corrected chi connectivity index (χ3v) is 4.24. The van der Waals surface area contributed by atoms with Crippen LogP contribution in [0.4, 0.5) is 0 Å². The minimum Gasteiger partial charge on any atom is -0.459 e. The van der Waals surface area contributed by atoms with Crippen molar-refractivity contribution in [2.24, 2.45) is 0 Å². The number of ether oxygens (including phenoxy) is 1. The number of nitrogens with zero attached hydrogens (tertiary/aromatic N) is 3. The van der Waals surface area contributed by atoms with Crippen LogP contribution in [0, 0.1) is 13.8 Å². The van der Waals surface area contributed by atoms with Gasteiger partial charge in [0.05, 0.1) is 16.8 Å². The largest absolute Gasteiger partial charge is 0.459 e. The molecule has 6 heteroatoms. The van der Waals surface area contributed by atoms with Crippen molar-refractivity contribution in [1.29, 1.82) is 0 Å². The van der Waals surface area contributed by atoms with Gasteiger partial charge in [-0.05, 0) is 66.9 Å². The van der Waals surface area contributed by atoms with Gasteiger partial charge in [0.15, 0.2) is 0 Å². The first-order valence-corrected chi connectivity index (χ1v) is 9.50. The molecule has 0 fully saturated rings. The highest BCUT2D eigenvalue weighted by Gasteiger charge is 2.24. The predicted octanol–water partition coefficient (Wildman–Crippen LogP) is 3.20. The molecule has 0 unspecified atom stereocenters. The lowest BCUT2D eigenvalue weighted by Gasteiger charge is -2.26. The fraction of sp³-hybridized carbons (Fsp3) is 0.500. The van der Waals surface area contributed by atoms with Gasteiger partial charge in [-0.1, -0.05) is 11.6 Å². The van der Waals surface area contributed by atoms with E-state index in [0.717, 1.165) is 16.5 Å². The van der Waals surface area contributed by atoms with Crippen LogP contribution >= 0.6 is 0 Å². The molecular formula is C22H31N3O3. The maximum atomic E-state index is 13.3. The van der Waals surface area contributed by atoms with E-state index in [0.29, 0.717) is 24.3 Å². The molecule has 1 aromatic heterocycles. The highest BCUT2D eigenvalue weighted by atomic mass is 16.6. The Kier molecular flexibility index (Phi) is 6.77. The van der Waals surface area contributed by atoms with Gasteiger partial charge < -0.3 is 14.5 Å². The molecule has 152 valence electrons. The minimum absolute atomic E-state index is 0.0881. The molecule has 0 aliphatic carbocycles. The smallest absolute Gasteiger partial charge is 0.326 e. The van der Waals surface area contributed by atoms with Gasteiger partial charge in [0.1, 0.15) is 12.1 Å². The van der Waals surface area contributed by atoms with Gasteiger partial charge in [-0.3, -0.25) is 14.6 Å². The topological polar surface area (TPSA) is 62.7 Å². The second kappa shape index (κ2) is 8.69. The molecule has 0 saturated carbocycles. The number of carbonyl (C=O) groups is 2. The van der Waals surface area contributed by atoms with Crippen LogP contribution in [0.1, 0.15) is 42.4 Å². The molecule has 2 rings (SSSR count). The standard InChI is InChI=1S/C22H31N3O3/c1-15-8-9-19-17(12-15)13-18(16(2)23-19)21(27)25(11-10-24(6)7)14-20(26)28-22(3,4)5/h8-9,12-13H,10-11,14H2,1-7H3. The van der Waals surface area contributed by atoms with E-state index in [1.165, 1.54) is 0 Å². The number of esters is 1. The summed E-state index contributed by atoms with van der Waals surface area (Å²) < 4.78 is 5.42. The SMILES string of the molecule is Cc1ccc2nc(C)c(C(=O)N(CCN(C)C)CC(=O)OC(C)(C)C)cc2c1. The summed E-state index contributed by atoms with van der Waals surface area (Å²) in [6.07, 6.45) is 0. The molecule has 0 N–H and O–H groups in total. The number of hydrogen-bond acceptors (Lipinski definition) is 5. The number of hydrogen-bond donors (Lipinski definition) is 0. The van der Waals surface area contributed by atoms with Crippen LogP contribution in [0.15, 0.2) is 24.3 Å². The summed E-state index contributed by atoms with van der Waals surface area (Å²) in [5.74, 6) is -0.622. The van der Waals surface area contributed by atoms with Gasteiger partial charge in [0.25, 0.3) is 5.91 Å². The molecule has 0 atom stereocenters. The fourth-order valence-corrected chi connectivity index (χ4v) is 2.88. The van der Waals surface area contributed by atoms with E-state index >= 15 is 0 Å². The van der Waals surface area contributed by atoms with Crippen LogP contribution in [-0.2, 0) is 9.53 Å². The van der Waals surface area contributed by atoms with Gasteiger partial charge in [-0.25, -0.2) is 0 Å². The normalized spacial score (nSPS) is 11.7. The summed E-state index contributed by atoms with van der Waals surface area (Å²) in [7, 11) is 3.86.